The van der Waals surface area contributed by atoms with Crippen LogP contribution in [0.1, 0.15) is 92.4 Å². The van der Waals surface area contributed by atoms with E-state index in [4.69, 9.17) is 14.2 Å². The van der Waals surface area contributed by atoms with Crippen molar-refractivity contribution >= 4 is 5.97 Å². The van der Waals surface area contributed by atoms with E-state index < -0.39 is 5.79 Å². The fourth-order valence-electron chi connectivity index (χ4n) is 10.7. The van der Waals surface area contributed by atoms with Gasteiger partial charge in [-0.2, -0.15) is 0 Å². The molecule has 6 rings (SSSR count). The summed E-state index contributed by atoms with van der Waals surface area (Å²) < 4.78 is 19.3. The van der Waals surface area contributed by atoms with Crippen molar-refractivity contribution in [2.45, 2.75) is 117 Å². The standard InChI is InChI=1S/C29H46O5/c1-16-12-25(33-18(3)30)29(32-15-16)17(2)26-24(34-29)14-23-21-7-6-19-13-20(31)8-10-27(19,4)22(21)9-11-28(23,26)5/h16-17,19-26,31H,6-15H2,1-5H3/t16-,17-,19-,20-,21+,22+,23+,24-,25-,26-,27-,28-,29-/m0/s1. The van der Waals surface area contributed by atoms with Crippen LogP contribution in [0.2, 0.25) is 0 Å². The summed E-state index contributed by atoms with van der Waals surface area (Å²) in [4.78, 5) is 12.0. The van der Waals surface area contributed by atoms with E-state index in [1.54, 1.807) is 0 Å². The predicted octanol–water partition coefficient (Wildman–Crippen LogP) is 5.34. The number of rotatable bonds is 1. The molecular formula is C29H46O5. The minimum atomic E-state index is -0.776. The van der Waals surface area contributed by atoms with Crippen molar-refractivity contribution in [2.75, 3.05) is 6.61 Å². The van der Waals surface area contributed by atoms with Gasteiger partial charge in [-0.25, -0.2) is 0 Å². The summed E-state index contributed by atoms with van der Waals surface area (Å²) in [6, 6.07) is 0. The second-order valence-electron chi connectivity index (χ2n) is 13.8. The fraction of sp³-hybridized carbons (Fsp3) is 0.966. The SMILES string of the molecule is CC(=O)O[C@H]1C[C@H](C)CO[C@@]12O[C@H]1C[C@@H]3[C@@H]4CC[C@H]5C[C@@H](O)CC[C@]5(C)[C@@H]4CC[C@]3(C)[C@H]1[C@@H]2C. The van der Waals surface area contributed by atoms with Crippen LogP contribution in [0.3, 0.4) is 0 Å². The van der Waals surface area contributed by atoms with Crippen LogP contribution in [0.5, 0.6) is 0 Å². The highest BCUT2D eigenvalue weighted by Gasteiger charge is 2.71. The van der Waals surface area contributed by atoms with Crippen LogP contribution in [-0.4, -0.2) is 41.8 Å². The Labute approximate surface area is 205 Å². The van der Waals surface area contributed by atoms with Gasteiger partial charge in [0.25, 0.3) is 0 Å². The summed E-state index contributed by atoms with van der Waals surface area (Å²) in [5, 5.41) is 10.3. The van der Waals surface area contributed by atoms with Gasteiger partial charge in [0.15, 0.2) is 6.10 Å². The highest BCUT2D eigenvalue weighted by molar-refractivity contribution is 5.66. The fourth-order valence-corrected chi connectivity index (χ4v) is 10.7. The molecule has 13 atom stereocenters. The molecule has 6 aliphatic rings. The second kappa shape index (κ2) is 7.92. The Kier molecular flexibility index (Phi) is 5.53. The zero-order valence-electron chi connectivity index (χ0n) is 21.9. The number of hydrogen-bond donors (Lipinski definition) is 1. The minimum absolute atomic E-state index is 0.0804. The predicted molar refractivity (Wildman–Crippen MR) is 129 cm³/mol. The Morgan fingerprint density at radius 1 is 0.971 bits per heavy atom. The lowest BCUT2D eigenvalue weighted by molar-refractivity contribution is -0.318. The van der Waals surface area contributed by atoms with Gasteiger partial charge in [0.2, 0.25) is 5.79 Å². The van der Waals surface area contributed by atoms with E-state index in [1.165, 1.54) is 39.0 Å². The molecule has 2 heterocycles. The molecule has 0 amide bonds. The average Bonchev–Trinajstić information content (AvgIpc) is 3.22. The highest BCUT2D eigenvalue weighted by atomic mass is 16.7. The molecule has 5 nitrogen and oxygen atoms in total. The molecule has 0 radical (unpaired) electrons. The van der Waals surface area contributed by atoms with Crippen molar-refractivity contribution in [1.29, 1.82) is 0 Å². The molecule has 1 N–H and O–H groups in total. The van der Waals surface area contributed by atoms with E-state index in [2.05, 4.69) is 27.7 Å². The van der Waals surface area contributed by atoms with Gasteiger partial charge in [0, 0.05) is 12.8 Å². The molecule has 34 heavy (non-hydrogen) atoms. The number of fused-ring (bicyclic) bond motifs is 7. The molecule has 2 aliphatic heterocycles. The zero-order valence-corrected chi connectivity index (χ0v) is 21.9. The molecule has 4 aliphatic carbocycles. The third-order valence-corrected chi connectivity index (χ3v) is 12.2. The van der Waals surface area contributed by atoms with Crippen molar-refractivity contribution in [2.24, 2.45) is 52.3 Å². The monoisotopic (exact) mass is 474 g/mol. The first-order valence-electron chi connectivity index (χ1n) is 14.3. The van der Waals surface area contributed by atoms with Gasteiger partial charge in [-0.05, 0) is 104 Å². The molecule has 0 aromatic rings. The van der Waals surface area contributed by atoms with Crippen LogP contribution in [0.15, 0.2) is 0 Å². The lowest BCUT2D eigenvalue weighted by Gasteiger charge is -2.61. The van der Waals surface area contributed by atoms with Gasteiger partial charge in [-0.1, -0.05) is 27.7 Å². The summed E-state index contributed by atoms with van der Waals surface area (Å²) in [7, 11) is 0. The molecule has 192 valence electrons. The van der Waals surface area contributed by atoms with Gasteiger partial charge in [0.1, 0.15) is 0 Å². The maximum Gasteiger partial charge on any atom is 0.303 e. The molecule has 0 aromatic carbocycles. The third-order valence-electron chi connectivity index (χ3n) is 12.2. The van der Waals surface area contributed by atoms with Gasteiger partial charge >= 0.3 is 5.97 Å². The highest BCUT2D eigenvalue weighted by Crippen LogP contribution is 2.71. The van der Waals surface area contributed by atoms with Crippen molar-refractivity contribution in [3.05, 3.63) is 0 Å². The van der Waals surface area contributed by atoms with Crippen LogP contribution in [0, 0.1) is 52.3 Å². The summed E-state index contributed by atoms with van der Waals surface area (Å²) in [5.74, 6) is 3.02. The van der Waals surface area contributed by atoms with Crippen LogP contribution in [0.4, 0.5) is 0 Å². The summed E-state index contributed by atoms with van der Waals surface area (Å²) in [6.45, 7) is 11.8. The molecule has 6 fully saturated rings. The molecule has 0 bridgehead atoms. The summed E-state index contributed by atoms with van der Waals surface area (Å²) in [6.07, 6.45) is 10.1. The molecule has 0 unspecified atom stereocenters. The van der Waals surface area contributed by atoms with Crippen molar-refractivity contribution in [3.8, 4) is 0 Å². The van der Waals surface area contributed by atoms with Crippen molar-refractivity contribution in [3.63, 3.8) is 0 Å². The van der Waals surface area contributed by atoms with Crippen LogP contribution in [0.25, 0.3) is 0 Å². The van der Waals surface area contributed by atoms with E-state index >= 15 is 0 Å². The van der Waals surface area contributed by atoms with Crippen molar-refractivity contribution < 1.29 is 24.1 Å². The van der Waals surface area contributed by atoms with Crippen LogP contribution >= 0.6 is 0 Å². The Morgan fingerprint density at radius 3 is 2.50 bits per heavy atom. The van der Waals surface area contributed by atoms with E-state index in [-0.39, 0.29) is 35.6 Å². The van der Waals surface area contributed by atoms with Gasteiger partial charge < -0.3 is 19.3 Å². The molecule has 2 saturated heterocycles. The zero-order chi connectivity index (χ0) is 24.0. The van der Waals surface area contributed by atoms with E-state index in [0.29, 0.717) is 35.7 Å². The topological polar surface area (TPSA) is 65.0 Å². The largest absolute Gasteiger partial charge is 0.457 e. The maximum atomic E-state index is 12.0. The average molecular weight is 475 g/mol. The first kappa shape index (κ1) is 23.7. The Balaban J connectivity index is 1.27. The van der Waals surface area contributed by atoms with Gasteiger partial charge in [0.05, 0.1) is 18.8 Å². The quantitative estimate of drug-likeness (QED) is 0.520. The number of carbonyl (C=O) groups excluding carboxylic acids is 1. The number of aliphatic hydroxyl groups excluding tert-OH is 1. The Bertz CT molecular complexity index is 829. The maximum absolute atomic E-state index is 12.0. The number of carbonyl (C=O) groups is 1. The second-order valence-corrected chi connectivity index (χ2v) is 13.8. The first-order chi connectivity index (χ1) is 16.1. The first-order valence-corrected chi connectivity index (χ1v) is 14.3. The van der Waals surface area contributed by atoms with E-state index in [9.17, 15) is 9.90 Å². The molecule has 5 heteroatoms. The summed E-state index contributed by atoms with van der Waals surface area (Å²) in [5.41, 5.74) is 0.664. The smallest absolute Gasteiger partial charge is 0.303 e. The third kappa shape index (κ3) is 3.18. The van der Waals surface area contributed by atoms with Gasteiger partial charge in [-0.15, -0.1) is 0 Å². The Hall–Kier alpha value is -0.650. The number of esters is 1. The molecule has 1 spiro atoms. The van der Waals surface area contributed by atoms with Crippen molar-refractivity contribution in [1.82, 2.24) is 0 Å². The Morgan fingerprint density at radius 2 is 1.74 bits per heavy atom. The number of ether oxygens (including phenoxy) is 3. The van der Waals surface area contributed by atoms with E-state index in [0.717, 1.165) is 37.5 Å². The number of aliphatic hydroxyl groups is 1. The lowest BCUT2D eigenvalue weighted by atomic mass is 9.44. The van der Waals surface area contributed by atoms with E-state index in [1.807, 2.05) is 0 Å². The summed E-state index contributed by atoms with van der Waals surface area (Å²) >= 11 is 0. The van der Waals surface area contributed by atoms with Crippen LogP contribution in [-0.2, 0) is 19.0 Å². The van der Waals surface area contributed by atoms with Crippen LogP contribution < -0.4 is 0 Å². The minimum Gasteiger partial charge on any atom is -0.457 e. The lowest BCUT2D eigenvalue weighted by Crippen LogP contribution is -2.58. The molecular weight excluding hydrogens is 428 g/mol. The number of hydrogen-bond acceptors (Lipinski definition) is 5. The van der Waals surface area contributed by atoms with Gasteiger partial charge in [-0.3, -0.25) is 4.79 Å². The molecule has 0 aromatic heterocycles. The normalized spacial score (nSPS) is 58.5. The molecule has 4 saturated carbocycles.